The summed E-state index contributed by atoms with van der Waals surface area (Å²) in [6.45, 7) is 2.98. The molecule has 0 aliphatic carbocycles. The van der Waals surface area contributed by atoms with Crippen molar-refractivity contribution in [1.82, 2.24) is 14.9 Å². The van der Waals surface area contributed by atoms with Crippen molar-refractivity contribution in [2.24, 2.45) is 0 Å². The van der Waals surface area contributed by atoms with Crippen LogP contribution in [-0.2, 0) is 11.3 Å². The van der Waals surface area contributed by atoms with Gasteiger partial charge in [-0.05, 0) is 31.4 Å². The summed E-state index contributed by atoms with van der Waals surface area (Å²) >= 11 is 0. The molecule has 0 saturated carbocycles. The number of nitrogens with zero attached hydrogens (tertiary/aromatic N) is 1. The molecular formula is C21H27N5O5. The highest BCUT2D eigenvalue weighted by molar-refractivity contribution is 6.04. The van der Waals surface area contributed by atoms with Crippen LogP contribution in [0.5, 0.6) is 0 Å². The van der Waals surface area contributed by atoms with Crippen molar-refractivity contribution in [2.45, 2.75) is 38.8 Å². The summed E-state index contributed by atoms with van der Waals surface area (Å²) < 4.78 is 6.68. The van der Waals surface area contributed by atoms with Crippen molar-refractivity contribution in [3.05, 3.63) is 56.2 Å². The molecule has 10 nitrogen and oxygen atoms in total. The van der Waals surface area contributed by atoms with Crippen molar-refractivity contribution in [3.8, 4) is 0 Å². The second kappa shape index (κ2) is 10.1. The third kappa shape index (κ3) is 5.21. The average Bonchev–Trinajstić information content (AvgIpc) is 3.27. The molecule has 0 bridgehead atoms. The molecule has 31 heavy (non-hydrogen) atoms. The van der Waals surface area contributed by atoms with Crippen LogP contribution in [0.2, 0.25) is 0 Å². The molecule has 1 fully saturated rings. The van der Waals surface area contributed by atoms with Gasteiger partial charge >= 0.3 is 5.69 Å². The van der Waals surface area contributed by atoms with Gasteiger partial charge in [-0.25, -0.2) is 4.79 Å². The Hall–Kier alpha value is -3.40. The van der Waals surface area contributed by atoms with E-state index in [-0.39, 0.29) is 36.5 Å². The Balaban J connectivity index is 1.72. The number of nitrogens with one attached hydrogen (secondary N) is 3. The molecule has 1 aliphatic rings. The van der Waals surface area contributed by atoms with E-state index in [1.165, 1.54) is 4.57 Å². The lowest BCUT2D eigenvalue weighted by atomic mass is 10.1. The van der Waals surface area contributed by atoms with Crippen LogP contribution in [-0.4, -0.2) is 47.0 Å². The summed E-state index contributed by atoms with van der Waals surface area (Å²) in [5.74, 6) is -1.04. The van der Waals surface area contributed by atoms with Crippen LogP contribution >= 0.6 is 0 Å². The Kier molecular flexibility index (Phi) is 7.24. The van der Waals surface area contributed by atoms with Gasteiger partial charge in [0.25, 0.3) is 11.5 Å². The lowest BCUT2D eigenvalue weighted by Gasteiger charge is -2.15. The molecule has 1 atom stereocenters. The molecule has 0 radical (unpaired) electrons. The van der Waals surface area contributed by atoms with Crippen molar-refractivity contribution < 1.29 is 14.3 Å². The number of rotatable bonds is 9. The van der Waals surface area contributed by atoms with Crippen molar-refractivity contribution in [2.75, 3.05) is 30.7 Å². The van der Waals surface area contributed by atoms with Gasteiger partial charge in [-0.1, -0.05) is 19.1 Å². The molecule has 166 valence electrons. The van der Waals surface area contributed by atoms with E-state index in [0.717, 1.165) is 12.8 Å². The van der Waals surface area contributed by atoms with Crippen LogP contribution in [0, 0.1) is 0 Å². The number of hydrogen-bond acceptors (Lipinski definition) is 7. The lowest BCUT2D eigenvalue weighted by Crippen LogP contribution is -2.37. The molecule has 3 rings (SSSR count). The molecule has 0 spiro atoms. The molecule has 2 heterocycles. The molecule has 1 aromatic heterocycles. The zero-order chi connectivity index (χ0) is 22.4. The van der Waals surface area contributed by atoms with Crippen LogP contribution in [0.4, 0.5) is 11.5 Å². The number of ketones is 1. The maximum atomic E-state index is 12.7. The fourth-order valence-electron chi connectivity index (χ4n) is 3.51. The summed E-state index contributed by atoms with van der Waals surface area (Å²) in [6.07, 6.45) is 2.51. The van der Waals surface area contributed by atoms with E-state index in [2.05, 4.69) is 15.6 Å². The zero-order valence-electron chi connectivity index (χ0n) is 17.4. The van der Waals surface area contributed by atoms with Crippen molar-refractivity contribution in [1.29, 1.82) is 0 Å². The molecule has 1 saturated heterocycles. The maximum Gasteiger partial charge on any atom is 0.329 e. The number of H-pyrrole nitrogens is 1. The number of hydrogen-bond donors (Lipinski definition) is 4. The normalized spacial score (nSPS) is 15.6. The number of aromatic amines is 1. The lowest BCUT2D eigenvalue weighted by molar-refractivity contribution is 0.0858. The first-order valence-corrected chi connectivity index (χ1v) is 10.3. The van der Waals surface area contributed by atoms with Gasteiger partial charge in [-0.3, -0.25) is 23.9 Å². The minimum absolute atomic E-state index is 0.0131. The van der Waals surface area contributed by atoms with Gasteiger partial charge in [0, 0.05) is 25.4 Å². The Labute approximate surface area is 178 Å². The topological polar surface area (TPSA) is 148 Å². The largest absolute Gasteiger partial charge is 0.384 e. The monoisotopic (exact) mass is 429 g/mol. The number of amides is 1. The number of nitrogens with two attached hydrogens (primary N) is 1. The third-order valence-electron chi connectivity index (χ3n) is 5.09. The molecular weight excluding hydrogens is 402 g/mol. The van der Waals surface area contributed by atoms with Crippen molar-refractivity contribution >= 4 is 23.2 Å². The van der Waals surface area contributed by atoms with Gasteiger partial charge in [-0.15, -0.1) is 0 Å². The molecule has 0 unspecified atom stereocenters. The fraction of sp³-hybridized carbons (Fsp3) is 0.429. The highest BCUT2D eigenvalue weighted by Gasteiger charge is 2.21. The van der Waals surface area contributed by atoms with E-state index < -0.39 is 17.0 Å². The Morgan fingerprint density at radius 1 is 1.29 bits per heavy atom. The third-order valence-corrected chi connectivity index (χ3v) is 5.09. The Morgan fingerprint density at radius 3 is 2.77 bits per heavy atom. The maximum absolute atomic E-state index is 12.7. The van der Waals surface area contributed by atoms with Gasteiger partial charge in [0.05, 0.1) is 18.2 Å². The Bertz CT molecular complexity index is 1070. The predicted octanol–water partition coefficient (Wildman–Crippen LogP) is 0.732. The highest BCUT2D eigenvalue weighted by Crippen LogP contribution is 2.16. The first-order valence-electron chi connectivity index (χ1n) is 10.3. The predicted molar refractivity (Wildman–Crippen MR) is 117 cm³/mol. The number of ether oxygens (including phenoxy) is 1. The number of Topliss-reactive ketones (excluding diaryl/α,β-unsaturated/α-hetero) is 1. The second-order valence-corrected chi connectivity index (χ2v) is 7.34. The molecule has 5 N–H and O–H groups in total. The minimum Gasteiger partial charge on any atom is -0.384 e. The SMILES string of the molecule is CCCn1c(N)c(C(=O)CNc2ccccc2C(=O)NC[C@H]2CCCO2)c(=O)[nH]c1=O. The molecule has 1 amide bonds. The number of para-hydroxylation sites is 1. The summed E-state index contributed by atoms with van der Waals surface area (Å²) in [7, 11) is 0. The van der Waals surface area contributed by atoms with E-state index in [1.807, 2.05) is 6.92 Å². The van der Waals surface area contributed by atoms with Crippen LogP contribution in [0.3, 0.4) is 0 Å². The van der Waals surface area contributed by atoms with Gasteiger partial charge in [0.2, 0.25) is 0 Å². The molecule has 1 aliphatic heterocycles. The van der Waals surface area contributed by atoms with Gasteiger partial charge in [0.1, 0.15) is 11.4 Å². The van der Waals surface area contributed by atoms with Gasteiger partial charge in [-0.2, -0.15) is 0 Å². The first kappa shape index (κ1) is 22.3. The van der Waals surface area contributed by atoms with E-state index in [0.29, 0.717) is 30.8 Å². The highest BCUT2D eigenvalue weighted by atomic mass is 16.5. The van der Waals surface area contributed by atoms with E-state index in [4.69, 9.17) is 10.5 Å². The molecule has 10 heteroatoms. The quantitative estimate of drug-likeness (QED) is 0.430. The summed E-state index contributed by atoms with van der Waals surface area (Å²) in [4.78, 5) is 51.6. The second-order valence-electron chi connectivity index (χ2n) is 7.34. The smallest absolute Gasteiger partial charge is 0.329 e. The summed E-state index contributed by atoms with van der Waals surface area (Å²) in [6, 6.07) is 6.75. The number of benzene rings is 1. The average molecular weight is 429 g/mol. The van der Waals surface area contributed by atoms with E-state index in [9.17, 15) is 19.2 Å². The van der Waals surface area contributed by atoms with Gasteiger partial charge < -0.3 is 21.1 Å². The van der Waals surface area contributed by atoms with Crippen LogP contribution < -0.4 is 27.6 Å². The summed E-state index contributed by atoms with van der Waals surface area (Å²) in [5, 5.41) is 5.75. The number of nitrogen functional groups attached to an aromatic ring is 1. The number of aromatic nitrogens is 2. The number of carbonyl (C=O) groups excluding carboxylic acids is 2. The zero-order valence-corrected chi connectivity index (χ0v) is 17.4. The van der Waals surface area contributed by atoms with Gasteiger partial charge in [0.15, 0.2) is 5.78 Å². The van der Waals surface area contributed by atoms with Crippen molar-refractivity contribution in [3.63, 3.8) is 0 Å². The molecule has 1 aromatic carbocycles. The standard InChI is InChI=1S/C21H27N5O5/c1-2-9-26-18(22)17(20(29)25-21(26)30)16(27)12-23-15-8-4-3-7-14(15)19(28)24-11-13-6-5-10-31-13/h3-4,7-8,13,23H,2,5-6,9-12,22H2,1H3,(H,24,28)(H,25,29,30)/t13-/m1/s1. The first-order chi connectivity index (χ1) is 14.9. The van der Waals surface area contributed by atoms with Crippen LogP contribution in [0.25, 0.3) is 0 Å². The van der Waals surface area contributed by atoms with E-state index >= 15 is 0 Å². The fourth-order valence-corrected chi connectivity index (χ4v) is 3.51. The number of anilines is 2. The Morgan fingerprint density at radius 2 is 2.06 bits per heavy atom. The van der Waals surface area contributed by atoms with Crippen LogP contribution in [0.15, 0.2) is 33.9 Å². The van der Waals surface area contributed by atoms with Crippen LogP contribution in [0.1, 0.15) is 46.9 Å². The number of carbonyl (C=O) groups is 2. The minimum atomic E-state index is -0.829. The van der Waals surface area contributed by atoms with E-state index in [1.54, 1.807) is 24.3 Å². The summed E-state index contributed by atoms with van der Waals surface area (Å²) in [5.41, 5.74) is 4.99. The molecule has 2 aromatic rings.